The topological polar surface area (TPSA) is 76.6 Å². The van der Waals surface area contributed by atoms with Gasteiger partial charge in [-0.05, 0) is 25.0 Å². The molecule has 3 aliphatic rings. The van der Waals surface area contributed by atoms with Crippen LogP contribution < -0.4 is 10.2 Å². The van der Waals surface area contributed by atoms with Crippen molar-refractivity contribution in [3.8, 4) is 0 Å². The molecule has 1 spiro atoms. The van der Waals surface area contributed by atoms with Crippen molar-refractivity contribution in [3.05, 3.63) is 12.1 Å². The van der Waals surface area contributed by atoms with Crippen molar-refractivity contribution in [2.45, 2.75) is 37.9 Å². The van der Waals surface area contributed by atoms with Gasteiger partial charge in [-0.3, -0.25) is 4.79 Å². The molecule has 124 valence electrons. The number of hydrogen-bond acceptors (Lipinski definition) is 6. The molecule has 0 radical (unpaired) electrons. The van der Waals surface area contributed by atoms with E-state index in [4.69, 9.17) is 9.47 Å². The normalized spacial score (nSPS) is 23.7. The van der Waals surface area contributed by atoms with Gasteiger partial charge in [-0.15, -0.1) is 10.2 Å². The number of ether oxygens (including phenoxy) is 2. The molecular formula is C16H22N4O3. The van der Waals surface area contributed by atoms with Crippen molar-refractivity contribution < 1.29 is 14.3 Å². The lowest BCUT2D eigenvalue weighted by atomic mass is 9.85. The van der Waals surface area contributed by atoms with Gasteiger partial charge in [0, 0.05) is 31.8 Å². The lowest BCUT2D eigenvalue weighted by Crippen LogP contribution is -2.45. The zero-order chi connectivity index (χ0) is 15.7. The molecule has 1 N–H and O–H groups in total. The molecule has 0 aromatic carbocycles. The number of hydrogen-bond donors (Lipinski definition) is 1. The average Bonchev–Trinajstić information content (AvgIpc) is 2.95. The van der Waals surface area contributed by atoms with E-state index >= 15 is 0 Å². The Hall–Kier alpha value is -1.73. The maximum absolute atomic E-state index is 11.9. The van der Waals surface area contributed by atoms with Gasteiger partial charge in [0.2, 0.25) is 5.91 Å². The number of nitrogens with zero attached hydrogens (tertiary/aromatic N) is 3. The maximum atomic E-state index is 11.9. The van der Waals surface area contributed by atoms with Gasteiger partial charge < -0.3 is 19.7 Å². The molecule has 7 heteroatoms. The fourth-order valence-corrected chi connectivity index (χ4v) is 3.32. The first-order chi connectivity index (χ1) is 11.2. The van der Waals surface area contributed by atoms with E-state index in [0.29, 0.717) is 19.0 Å². The number of carbonyl (C=O) groups is 1. The molecule has 1 aromatic heterocycles. The first-order valence-corrected chi connectivity index (χ1v) is 8.42. The van der Waals surface area contributed by atoms with E-state index in [1.54, 1.807) is 0 Å². The molecule has 0 atom stereocenters. The van der Waals surface area contributed by atoms with E-state index < -0.39 is 0 Å². The molecule has 3 fully saturated rings. The molecule has 2 saturated heterocycles. The van der Waals surface area contributed by atoms with Crippen LogP contribution in [-0.4, -0.2) is 48.2 Å². The zero-order valence-corrected chi connectivity index (χ0v) is 13.2. The summed E-state index contributed by atoms with van der Waals surface area (Å²) in [6, 6.07) is 3.74. The molecule has 1 aliphatic carbocycles. The van der Waals surface area contributed by atoms with Crippen molar-refractivity contribution in [2.24, 2.45) is 5.92 Å². The third-order valence-corrected chi connectivity index (χ3v) is 5.04. The van der Waals surface area contributed by atoms with Gasteiger partial charge in [0.25, 0.3) is 0 Å². The third kappa shape index (κ3) is 3.03. The highest BCUT2D eigenvalue weighted by Crippen LogP contribution is 2.32. The fraction of sp³-hybridized carbons (Fsp3) is 0.688. The lowest BCUT2D eigenvalue weighted by molar-refractivity contribution is -0.169. The smallest absolute Gasteiger partial charge is 0.228 e. The summed E-state index contributed by atoms with van der Waals surface area (Å²) in [4.78, 5) is 14.1. The summed E-state index contributed by atoms with van der Waals surface area (Å²) >= 11 is 0. The second kappa shape index (κ2) is 6.05. The molecule has 2 aliphatic heterocycles. The Labute approximate surface area is 135 Å². The van der Waals surface area contributed by atoms with Gasteiger partial charge in [-0.25, -0.2) is 0 Å². The number of anilines is 2. The van der Waals surface area contributed by atoms with Gasteiger partial charge in [0.1, 0.15) is 0 Å². The molecule has 1 aromatic rings. The molecule has 1 saturated carbocycles. The molecule has 1 amide bonds. The second-order valence-corrected chi connectivity index (χ2v) is 6.49. The van der Waals surface area contributed by atoms with E-state index in [1.165, 1.54) is 0 Å². The Kier molecular flexibility index (Phi) is 3.90. The zero-order valence-electron chi connectivity index (χ0n) is 13.2. The van der Waals surface area contributed by atoms with Gasteiger partial charge >= 0.3 is 0 Å². The summed E-state index contributed by atoms with van der Waals surface area (Å²) in [5.41, 5.74) is 0. The quantitative estimate of drug-likeness (QED) is 0.911. The van der Waals surface area contributed by atoms with Gasteiger partial charge in [-0.1, -0.05) is 6.42 Å². The van der Waals surface area contributed by atoms with Gasteiger partial charge in [-0.2, -0.15) is 0 Å². The Bertz CT molecular complexity index is 557. The lowest BCUT2D eigenvalue weighted by Gasteiger charge is -2.37. The number of amides is 1. The van der Waals surface area contributed by atoms with Crippen molar-refractivity contribution in [3.63, 3.8) is 0 Å². The van der Waals surface area contributed by atoms with Crippen LogP contribution in [0.2, 0.25) is 0 Å². The number of rotatable bonds is 3. The number of nitrogens with one attached hydrogen (secondary N) is 1. The Morgan fingerprint density at radius 1 is 1.17 bits per heavy atom. The Morgan fingerprint density at radius 3 is 2.48 bits per heavy atom. The predicted molar refractivity (Wildman–Crippen MR) is 84.1 cm³/mol. The Morgan fingerprint density at radius 2 is 1.91 bits per heavy atom. The van der Waals surface area contributed by atoms with Crippen molar-refractivity contribution in [1.82, 2.24) is 10.2 Å². The first kappa shape index (κ1) is 14.8. The van der Waals surface area contributed by atoms with Crippen LogP contribution in [-0.2, 0) is 14.3 Å². The van der Waals surface area contributed by atoms with Gasteiger partial charge in [0.15, 0.2) is 17.4 Å². The fourth-order valence-electron chi connectivity index (χ4n) is 3.32. The maximum Gasteiger partial charge on any atom is 0.228 e. The number of aromatic nitrogens is 2. The summed E-state index contributed by atoms with van der Waals surface area (Å²) in [6.07, 6.45) is 4.80. The minimum Gasteiger partial charge on any atom is -0.355 e. The van der Waals surface area contributed by atoms with Crippen LogP contribution in [0.25, 0.3) is 0 Å². The monoisotopic (exact) mass is 318 g/mol. The molecule has 4 rings (SSSR count). The Balaban J connectivity index is 1.34. The van der Waals surface area contributed by atoms with Crippen LogP contribution in [0.15, 0.2) is 12.1 Å². The molecule has 3 heterocycles. The van der Waals surface area contributed by atoms with E-state index in [0.717, 1.165) is 51.0 Å². The number of carbonyl (C=O) groups excluding carboxylic acids is 1. The van der Waals surface area contributed by atoms with Crippen LogP contribution in [0.3, 0.4) is 0 Å². The highest BCUT2D eigenvalue weighted by molar-refractivity contribution is 5.92. The standard InChI is InChI=1S/C16H22N4O3/c21-15(12-2-1-3-12)17-13-4-5-14(19-18-13)20-8-6-16(7-9-20)22-10-11-23-16/h4-5,12H,1-3,6-11H2,(H,17,18,21). The highest BCUT2D eigenvalue weighted by Gasteiger charge is 2.40. The summed E-state index contributed by atoms with van der Waals surface area (Å²) in [5, 5.41) is 11.2. The molecule has 23 heavy (non-hydrogen) atoms. The highest BCUT2D eigenvalue weighted by atomic mass is 16.7. The molecule has 7 nitrogen and oxygen atoms in total. The largest absolute Gasteiger partial charge is 0.355 e. The molecular weight excluding hydrogens is 296 g/mol. The van der Waals surface area contributed by atoms with Crippen LogP contribution in [0, 0.1) is 5.92 Å². The van der Waals surface area contributed by atoms with Crippen LogP contribution >= 0.6 is 0 Å². The minimum absolute atomic E-state index is 0.0637. The summed E-state index contributed by atoms with van der Waals surface area (Å²) in [7, 11) is 0. The van der Waals surface area contributed by atoms with Crippen molar-refractivity contribution in [2.75, 3.05) is 36.5 Å². The van der Waals surface area contributed by atoms with E-state index in [2.05, 4.69) is 20.4 Å². The van der Waals surface area contributed by atoms with Crippen molar-refractivity contribution >= 4 is 17.5 Å². The summed E-state index contributed by atoms with van der Waals surface area (Å²) in [6.45, 7) is 3.05. The van der Waals surface area contributed by atoms with E-state index in [9.17, 15) is 4.79 Å². The van der Waals surface area contributed by atoms with Crippen LogP contribution in [0.5, 0.6) is 0 Å². The van der Waals surface area contributed by atoms with E-state index in [1.807, 2.05) is 12.1 Å². The van der Waals surface area contributed by atoms with Gasteiger partial charge in [0.05, 0.1) is 13.2 Å². The average molecular weight is 318 g/mol. The predicted octanol–water partition coefficient (Wildman–Crippen LogP) is 1.56. The van der Waals surface area contributed by atoms with E-state index in [-0.39, 0.29) is 17.6 Å². The summed E-state index contributed by atoms with van der Waals surface area (Å²) in [5.74, 6) is 1.21. The SMILES string of the molecule is O=C(Nc1ccc(N2CCC3(CC2)OCCO3)nn1)C1CCC1. The van der Waals surface area contributed by atoms with Crippen LogP contribution in [0.4, 0.5) is 11.6 Å². The second-order valence-electron chi connectivity index (χ2n) is 6.49. The first-order valence-electron chi connectivity index (χ1n) is 8.42. The molecule has 0 bridgehead atoms. The van der Waals surface area contributed by atoms with Crippen molar-refractivity contribution in [1.29, 1.82) is 0 Å². The third-order valence-electron chi connectivity index (χ3n) is 5.04. The summed E-state index contributed by atoms with van der Waals surface area (Å²) < 4.78 is 11.5. The molecule has 0 unspecified atom stereocenters. The van der Waals surface area contributed by atoms with Crippen LogP contribution in [0.1, 0.15) is 32.1 Å². The number of piperidine rings is 1. The minimum atomic E-state index is -0.374.